The number of aromatic nitrogens is 4. The van der Waals surface area contributed by atoms with Gasteiger partial charge in [-0.15, -0.1) is 6.58 Å². The first kappa shape index (κ1) is 18.8. The van der Waals surface area contributed by atoms with E-state index < -0.39 is 0 Å². The van der Waals surface area contributed by atoms with Crippen LogP contribution < -0.4 is 5.32 Å². The molecule has 28 heavy (non-hydrogen) atoms. The van der Waals surface area contributed by atoms with Crippen LogP contribution in [0.4, 0.5) is 5.13 Å². The van der Waals surface area contributed by atoms with E-state index >= 15 is 0 Å². The summed E-state index contributed by atoms with van der Waals surface area (Å²) in [4.78, 5) is 18.0. The fourth-order valence-corrected chi connectivity index (χ4v) is 4.89. The van der Waals surface area contributed by atoms with Gasteiger partial charge in [-0.1, -0.05) is 41.7 Å². The average molecular weight is 412 g/mol. The van der Waals surface area contributed by atoms with Crippen molar-refractivity contribution in [3.8, 4) is 10.7 Å². The number of aromatic amines is 1. The zero-order valence-corrected chi connectivity index (χ0v) is 17.2. The van der Waals surface area contributed by atoms with E-state index in [1.165, 1.54) is 22.5 Å². The number of thiazole rings is 1. The minimum atomic E-state index is -0.00745. The van der Waals surface area contributed by atoms with Crippen LogP contribution in [-0.4, -0.2) is 25.7 Å². The van der Waals surface area contributed by atoms with Crippen molar-refractivity contribution in [1.29, 1.82) is 0 Å². The number of hydrogen-bond acceptors (Lipinski definition) is 5. The summed E-state index contributed by atoms with van der Waals surface area (Å²) in [5.74, 6) is 0.984. The molecule has 1 atom stereocenters. The lowest BCUT2D eigenvalue weighted by Crippen LogP contribution is -2.14. The Labute approximate surface area is 172 Å². The fourth-order valence-electron chi connectivity index (χ4n) is 3.70. The first-order valence-corrected chi connectivity index (χ1v) is 10.4. The number of allylic oxidation sites excluding steroid dienone is 1. The number of benzene rings is 1. The Bertz CT molecular complexity index is 1090. The normalized spacial score (nSPS) is 15.4. The number of carbonyl (C=O) groups is 1. The van der Waals surface area contributed by atoms with E-state index in [4.69, 9.17) is 12.2 Å². The molecule has 0 saturated carbocycles. The second-order valence-electron chi connectivity index (χ2n) is 6.87. The van der Waals surface area contributed by atoms with Crippen LogP contribution in [0, 0.1) is 11.7 Å². The zero-order valence-electron chi connectivity index (χ0n) is 15.6. The van der Waals surface area contributed by atoms with Crippen molar-refractivity contribution in [2.75, 3.05) is 5.32 Å². The van der Waals surface area contributed by atoms with Gasteiger partial charge >= 0.3 is 0 Å². The third kappa shape index (κ3) is 3.57. The van der Waals surface area contributed by atoms with Crippen molar-refractivity contribution in [3.05, 3.63) is 58.5 Å². The summed E-state index contributed by atoms with van der Waals surface area (Å²) in [7, 11) is 0. The largest absolute Gasteiger partial charge is 0.302 e. The van der Waals surface area contributed by atoms with Crippen LogP contribution in [0.1, 0.15) is 35.6 Å². The molecule has 0 bridgehead atoms. The minimum absolute atomic E-state index is 0.00745. The van der Waals surface area contributed by atoms with Crippen LogP contribution in [-0.2, 0) is 17.8 Å². The fraction of sp³-hybridized carbons (Fsp3) is 0.300. The maximum absolute atomic E-state index is 12.6. The van der Waals surface area contributed by atoms with E-state index in [2.05, 4.69) is 45.3 Å². The van der Waals surface area contributed by atoms with Gasteiger partial charge in [0.25, 0.3) is 0 Å². The van der Waals surface area contributed by atoms with Gasteiger partial charge in [0.1, 0.15) is 0 Å². The smallest absolute Gasteiger partial charge is 0.226 e. The molecule has 1 amide bonds. The van der Waals surface area contributed by atoms with Gasteiger partial charge in [-0.2, -0.15) is 5.10 Å². The number of fused-ring (bicyclic) bond motifs is 1. The maximum atomic E-state index is 12.6. The van der Waals surface area contributed by atoms with Crippen molar-refractivity contribution in [2.24, 2.45) is 0 Å². The van der Waals surface area contributed by atoms with Gasteiger partial charge in [0.15, 0.2) is 15.7 Å². The van der Waals surface area contributed by atoms with Gasteiger partial charge in [0.05, 0.1) is 10.6 Å². The molecule has 0 aliphatic heterocycles. The number of amides is 1. The Morgan fingerprint density at radius 2 is 2.32 bits per heavy atom. The quantitative estimate of drug-likeness (QED) is 0.458. The summed E-state index contributed by atoms with van der Waals surface area (Å²) in [6.45, 7) is 6.23. The number of anilines is 1. The molecule has 0 saturated heterocycles. The summed E-state index contributed by atoms with van der Waals surface area (Å²) in [6.07, 6.45) is 4.30. The van der Waals surface area contributed by atoms with E-state index in [0.717, 1.165) is 23.4 Å². The van der Waals surface area contributed by atoms with Gasteiger partial charge < -0.3 is 5.32 Å². The molecule has 1 aromatic carbocycles. The number of H-pyrrole nitrogens is 1. The molecule has 0 fully saturated rings. The molecule has 0 spiro atoms. The molecule has 144 valence electrons. The standard InChI is InChI=1S/C20H21N5OS2/c1-3-10-25-18(23-24-20(25)27)17-12(2)21-19(28-17)22-16(26)11-14-9-8-13-6-4-5-7-15(13)14/h3-7,14H,1,8-11H2,2H3,(H,24,27)(H,21,22,26). The van der Waals surface area contributed by atoms with Gasteiger partial charge in [-0.25, -0.2) is 4.98 Å². The third-order valence-corrected chi connectivity index (χ3v) is 6.39. The average Bonchev–Trinajstić information content (AvgIpc) is 3.34. The number of nitrogens with one attached hydrogen (secondary N) is 2. The molecule has 0 radical (unpaired) electrons. The molecule has 2 heterocycles. The summed E-state index contributed by atoms with van der Waals surface area (Å²) in [5.41, 5.74) is 3.47. The van der Waals surface area contributed by atoms with Crippen molar-refractivity contribution in [3.63, 3.8) is 0 Å². The number of carbonyl (C=O) groups excluding carboxylic acids is 1. The van der Waals surface area contributed by atoms with Crippen LogP contribution in [0.2, 0.25) is 0 Å². The summed E-state index contributed by atoms with van der Waals surface area (Å²) in [5, 5.41) is 10.7. The summed E-state index contributed by atoms with van der Waals surface area (Å²) in [6, 6.07) is 8.39. The van der Waals surface area contributed by atoms with Gasteiger partial charge in [-0.3, -0.25) is 14.5 Å². The van der Waals surface area contributed by atoms with Crippen LogP contribution in [0.5, 0.6) is 0 Å². The molecule has 1 aliphatic carbocycles. The van der Waals surface area contributed by atoms with Gasteiger partial charge in [-0.05, 0) is 49.0 Å². The minimum Gasteiger partial charge on any atom is -0.302 e. The lowest BCUT2D eigenvalue weighted by Gasteiger charge is -2.10. The Kier molecular flexibility index (Phi) is 5.23. The van der Waals surface area contributed by atoms with Gasteiger partial charge in [0, 0.05) is 13.0 Å². The lowest BCUT2D eigenvalue weighted by atomic mass is 9.97. The molecule has 2 N–H and O–H groups in total. The van der Waals surface area contributed by atoms with Crippen molar-refractivity contribution >= 4 is 34.6 Å². The molecule has 3 aromatic rings. The molecule has 4 rings (SSSR count). The van der Waals surface area contributed by atoms with Gasteiger partial charge in [0.2, 0.25) is 5.91 Å². The Balaban J connectivity index is 1.50. The van der Waals surface area contributed by atoms with E-state index in [0.29, 0.717) is 28.7 Å². The predicted octanol–water partition coefficient (Wildman–Crippen LogP) is 4.62. The van der Waals surface area contributed by atoms with Crippen molar-refractivity contribution < 1.29 is 4.79 Å². The molecule has 8 heteroatoms. The number of aryl methyl sites for hydroxylation is 2. The van der Waals surface area contributed by atoms with Crippen molar-refractivity contribution in [2.45, 2.75) is 38.6 Å². The van der Waals surface area contributed by atoms with E-state index in [9.17, 15) is 4.79 Å². The van der Waals surface area contributed by atoms with E-state index in [1.807, 2.05) is 17.6 Å². The molecule has 1 aliphatic rings. The second kappa shape index (κ2) is 7.81. The summed E-state index contributed by atoms with van der Waals surface area (Å²) >= 11 is 6.69. The number of hydrogen-bond donors (Lipinski definition) is 2. The molecule has 6 nitrogen and oxygen atoms in total. The Morgan fingerprint density at radius 1 is 1.50 bits per heavy atom. The van der Waals surface area contributed by atoms with Crippen molar-refractivity contribution in [1.82, 2.24) is 19.7 Å². The van der Waals surface area contributed by atoms with Crippen LogP contribution in [0.15, 0.2) is 36.9 Å². The predicted molar refractivity (Wildman–Crippen MR) is 114 cm³/mol. The Morgan fingerprint density at radius 3 is 3.14 bits per heavy atom. The van der Waals surface area contributed by atoms with Crippen LogP contribution in [0.25, 0.3) is 10.7 Å². The highest BCUT2D eigenvalue weighted by Crippen LogP contribution is 2.36. The number of nitrogens with zero attached hydrogens (tertiary/aromatic N) is 3. The molecule has 2 aromatic heterocycles. The maximum Gasteiger partial charge on any atom is 0.226 e. The Hall–Kier alpha value is -2.58. The molecule has 1 unspecified atom stereocenters. The zero-order chi connectivity index (χ0) is 19.7. The first-order chi connectivity index (χ1) is 13.6. The first-order valence-electron chi connectivity index (χ1n) is 9.18. The van der Waals surface area contributed by atoms with E-state index in [-0.39, 0.29) is 11.8 Å². The highest BCUT2D eigenvalue weighted by molar-refractivity contribution is 7.71. The van der Waals surface area contributed by atoms with Crippen LogP contribution >= 0.6 is 23.6 Å². The SMILES string of the molecule is C=CCn1c(-c2sc(NC(=O)CC3CCc4ccccc43)nc2C)n[nH]c1=S. The highest BCUT2D eigenvalue weighted by atomic mass is 32.1. The second-order valence-corrected chi connectivity index (χ2v) is 8.26. The number of rotatable bonds is 6. The van der Waals surface area contributed by atoms with E-state index in [1.54, 1.807) is 6.08 Å². The monoisotopic (exact) mass is 411 g/mol. The highest BCUT2D eigenvalue weighted by Gasteiger charge is 2.25. The molecular formula is C20H21N5OS2. The summed E-state index contributed by atoms with van der Waals surface area (Å²) < 4.78 is 2.40. The van der Waals surface area contributed by atoms with Crippen LogP contribution in [0.3, 0.4) is 0 Å². The topological polar surface area (TPSA) is 75.6 Å². The lowest BCUT2D eigenvalue weighted by molar-refractivity contribution is -0.116. The third-order valence-electron chi connectivity index (χ3n) is 5.00. The molecular weight excluding hydrogens is 390 g/mol.